The summed E-state index contributed by atoms with van der Waals surface area (Å²) in [5, 5.41) is 11.9. The zero-order valence-electron chi connectivity index (χ0n) is 10.5. The van der Waals surface area contributed by atoms with E-state index in [0.717, 1.165) is 11.3 Å². The summed E-state index contributed by atoms with van der Waals surface area (Å²) in [5.41, 5.74) is 7.30. The first-order valence-corrected chi connectivity index (χ1v) is 5.88. The largest absolute Gasteiger partial charge is 0.477 e. The number of nitrogens with one attached hydrogen (secondary N) is 1. The number of carboxylic acids is 1. The summed E-state index contributed by atoms with van der Waals surface area (Å²) in [6.45, 7) is 0.503. The van der Waals surface area contributed by atoms with Gasteiger partial charge in [0.1, 0.15) is 5.69 Å². The van der Waals surface area contributed by atoms with Crippen LogP contribution < -0.4 is 11.1 Å². The number of aromatic carboxylic acids is 1. The standard InChI is InChI=1S/C14H13N3O3/c15-13(18)10-2-4-11(5-3-10)16-7-9-1-6-12(14(19)20)17-8-9/h1-6,8,16H,7H2,(H2,15,18)(H,19,20). The molecular weight excluding hydrogens is 258 g/mol. The Hall–Kier alpha value is -2.89. The summed E-state index contributed by atoms with van der Waals surface area (Å²) in [6, 6.07) is 9.92. The van der Waals surface area contributed by atoms with Crippen molar-refractivity contribution in [2.45, 2.75) is 6.54 Å². The quantitative estimate of drug-likeness (QED) is 0.764. The van der Waals surface area contributed by atoms with Crippen molar-refractivity contribution in [3.63, 3.8) is 0 Å². The number of amides is 1. The lowest BCUT2D eigenvalue weighted by Crippen LogP contribution is -2.10. The van der Waals surface area contributed by atoms with Crippen molar-refractivity contribution < 1.29 is 14.7 Å². The van der Waals surface area contributed by atoms with Crippen LogP contribution in [0.5, 0.6) is 0 Å². The van der Waals surface area contributed by atoms with Crippen molar-refractivity contribution in [1.82, 2.24) is 4.98 Å². The molecule has 1 heterocycles. The molecule has 0 bridgehead atoms. The number of nitrogens with zero attached hydrogens (tertiary/aromatic N) is 1. The van der Waals surface area contributed by atoms with Crippen LogP contribution in [0.2, 0.25) is 0 Å². The number of carbonyl (C=O) groups is 2. The number of pyridine rings is 1. The number of carboxylic acid groups (broad SMARTS) is 1. The summed E-state index contributed by atoms with van der Waals surface area (Å²) in [6.07, 6.45) is 1.51. The van der Waals surface area contributed by atoms with Gasteiger partial charge in [-0.1, -0.05) is 6.07 Å². The number of primary amides is 1. The van der Waals surface area contributed by atoms with E-state index in [-0.39, 0.29) is 5.69 Å². The molecule has 4 N–H and O–H groups in total. The normalized spacial score (nSPS) is 10.0. The van der Waals surface area contributed by atoms with Gasteiger partial charge >= 0.3 is 5.97 Å². The Bertz CT molecular complexity index is 564. The Labute approximate surface area is 115 Å². The number of nitrogens with two attached hydrogens (primary N) is 1. The van der Waals surface area contributed by atoms with E-state index in [9.17, 15) is 9.59 Å². The second-order valence-electron chi connectivity index (χ2n) is 4.15. The van der Waals surface area contributed by atoms with Crippen LogP contribution in [0.15, 0.2) is 42.6 Å². The van der Waals surface area contributed by atoms with Crippen LogP contribution >= 0.6 is 0 Å². The van der Waals surface area contributed by atoms with E-state index in [1.165, 1.54) is 12.3 Å². The molecule has 102 valence electrons. The Kier molecular flexibility index (Phi) is 3.95. The molecule has 1 aromatic carbocycles. The zero-order valence-corrected chi connectivity index (χ0v) is 10.5. The highest BCUT2D eigenvalue weighted by molar-refractivity contribution is 5.93. The third kappa shape index (κ3) is 3.32. The molecule has 20 heavy (non-hydrogen) atoms. The maximum atomic E-state index is 10.9. The van der Waals surface area contributed by atoms with Gasteiger partial charge in [0.15, 0.2) is 0 Å². The summed E-state index contributed by atoms with van der Waals surface area (Å²) < 4.78 is 0. The monoisotopic (exact) mass is 271 g/mol. The summed E-state index contributed by atoms with van der Waals surface area (Å²) in [4.78, 5) is 25.4. The molecule has 2 aromatic rings. The fourth-order valence-electron chi connectivity index (χ4n) is 1.61. The first-order chi connectivity index (χ1) is 9.56. The molecule has 0 saturated carbocycles. The molecule has 0 aliphatic carbocycles. The number of benzene rings is 1. The number of hydrogen-bond donors (Lipinski definition) is 3. The molecule has 0 aliphatic heterocycles. The van der Waals surface area contributed by atoms with Crippen LogP contribution in [0.1, 0.15) is 26.4 Å². The Morgan fingerprint density at radius 2 is 1.85 bits per heavy atom. The van der Waals surface area contributed by atoms with Crippen molar-refractivity contribution >= 4 is 17.6 Å². The molecule has 0 radical (unpaired) electrons. The van der Waals surface area contributed by atoms with Gasteiger partial charge in [-0.3, -0.25) is 4.79 Å². The lowest BCUT2D eigenvalue weighted by atomic mass is 10.2. The van der Waals surface area contributed by atoms with Crippen molar-refractivity contribution in [3.05, 3.63) is 59.4 Å². The SMILES string of the molecule is NC(=O)c1ccc(NCc2ccc(C(=O)O)nc2)cc1. The van der Waals surface area contributed by atoms with Crippen molar-refractivity contribution in [1.29, 1.82) is 0 Å². The molecule has 6 heteroatoms. The number of anilines is 1. The van der Waals surface area contributed by atoms with Crippen LogP contribution in [0, 0.1) is 0 Å². The van der Waals surface area contributed by atoms with Gasteiger partial charge in [0.05, 0.1) is 0 Å². The van der Waals surface area contributed by atoms with Crippen LogP contribution in [0.3, 0.4) is 0 Å². The molecule has 0 atom stereocenters. The first-order valence-electron chi connectivity index (χ1n) is 5.88. The molecule has 0 spiro atoms. The summed E-state index contributed by atoms with van der Waals surface area (Å²) in [7, 11) is 0. The Morgan fingerprint density at radius 3 is 2.35 bits per heavy atom. The average Bonchev–Trinajstić information content (AvgIpc) is 2.46. The van der Waals surface area contributed by atoms with Gasteiger partial charge < -0.3 is 16.2 Å². The second-order valence-corrected chi connectivity index (χ2v) is 4.15. The van der Waals surface area contributed by atoms with Crippen LogP contribution in [-0.2, 0) is 6.54 Å². The number of hydrogen-bond acceptors (Lipinski definition) is 4. The minimum Gasteiger partial charge on any atom is -0.477 e. The van der Waals surface area contributed by atoms with E-state index in [1.54, 1.807) is 30.3 Å². The van der Waals surface area contributed by atoms with Gasteiger partial charge in [-0.05, 0) is 35.9 Å². The van der Waals surface area contributed by atoms with Crippen molar-refractivity contribution in [3.8, 4) is 0 Å². The van der Waals surface area contributed by atoms with Crippen LogP contribution in [0.4, 0.5) is 5.69 Å². The predicted molar refractivity (Wildman–Crippen MR) is 73.5 cm³/mol. The van der Waals surface area contributed by atoms with Crippen LogP contribution in [-0.4, -0.2) is 22.0 Å². The molecule has 0 saturated heterocycles. The molecule has 6 nitrogen and oxygen atoms in total. The van der Waals surface area contributed by atoms with Gasteiger partial charge in [-0.15, -0.1) is 0 Å². The number of carbonyl (C=O) groups excluding carboxylic acids is 1. The minimum atomic E-state index is -1.05. The van der Waals surface area contributed by atoms with Gasteiger partial charge in [-0.2, -0.15) is 0 Å². The maximum absolute atomic E-state index is 10.9. The minimum absolute atomic E-state index is 0.0135. The van der Waals surface area contributed by atoms with Gasteiger partial charge in [0, 0.05) is 24.0 Å². The zero-order chi connectivity index (χ0) is 14.5. The van der Waals surface area contributed by atoms with E-state index in [1.807, 2.05) is 0 Å². The second kappa shape index (κ2) is 5.83. The van der Waals surface area contributed by atoms with E-state index in [4.69, 9.17) is 10.8 Å². The smallest absolute Gasteiger partial charge is 0.354 e. The highest BCUT2D eigenvalue weighted by Crippen LogP contribution is 2.11. The first kappa shape index (κ1) is 13.5. The highest BCUT2D eigenvalue weighted by Gasteiger charge is 2.03. The van der Waals surface area contributed by atoms with E-state index < -0.39 is 11.9 Å². The van der Waals surface area contributed by atoms with Crippen LogP contribution in [0.25, 0.3) is 0 Å². The number of aromatic nitrogens is 1. The van der Waals surface area contributed by atoms with Gasteiger partial charge in [0.2, 0.25) is 5.91 Å². The van der Waals surface area contributed by atoms with E-state index in [0.29, 0.717) is 12.1 Å². The molecule has 2 rings (SSSR count). The Morgan fingerprint density at radius 1 is 1.15 bits per heavy atom. The topological polar surface area (TPSA) is 105 Å². The fourth-order valence-corrected chi connectivity index (χ4v) is 1.61. The molecule has 0 aliphatic rings. The van der Waals surface area contributed by atoms with Gasteiger partial charge in [-0.25, -0.2) is 9.78 Å². The molecule has 0 fully saturated rings. The summed E-state index contributed by atoms with van der Waals surface area (Å²) >= 11 is 0. The van der Waals surface area contributed by atoms with E-state index in [2.05, 4.69) is 10.3 Å². The predicted octanol–water partition coefficient (Wildman–Crippen LogP) is 1.49. The third-order valence-electron chi connectivity index (χ3n) is 2.71. The highest BCUT2D eigenvalue weighted by atomic mass is 16.4. The molecule has 1 aromatic heterocycles. The lowest BCUT2D eigenvalue weighted by Gasteiger charge is -2.07. The third-order valence-corrected chi connectivity index (χ3v) is 2.71. The Balaban J connectivity index is 1.97. The summed E-state index contributed by atoms with van der Waals surface area (Å²) in [5.74, 6) is -1.52. The average molecular weight is 271 g/mol. The maximum Gasteiger partial charge on any atom is 0.354 e. The lowest BCUT2D eigenvalue weighted by molar-refractivity contribution is 0.0690. The van der Waals surface area contributed by atoms with Crippen molar-refractivity contribution in [2.24, 2.45) is 5.73 Å². The number of rotatable bonds is 5. The fraction of sp³-hybridized carbons (Fsp3) is 0.0714. The molecular formula is C14H13N3O3. The molecule has 1 amide bonds. The van der Waals surface area contributed by atoms with E-state index >= 15 is 0 Å². The molecule has 0 unspecified atom stereocenters. The van der Waals surface area contributed by atoms with Gasteiger partial charge in [0.25, 0.3) is 0 Å². The van der Waals surface area contributed by atoms with Crippen molar-refractivity contribution in [2.75, 3.05) is 5.32 Å².